The Hall–Kier alpha value is -7.17. The molecule has 1 aliphatic rings. The molecule has 5 heterocycles. The third-order valence-corrected chi connectivity index (χ3v) is 10.7. The number of nitrogens with two attached hydrogens (primary N) is 2. The topological polar surface area (TPSA) is 246 Å². The fourth-order valence-corrected chi connectivity index (χ4v) is 7.65. The van der Waals surface area contributed by atoms with Gasteiger partial charge in [0.05, 0.1) is 29.5 Å². The second-order valence-electron chi connectivity index (χ2n) is 15.1. The van der Waals surface area contributed by atoms with Gasteiger partial charge in [-0.25, -0.2) is 9.97 Å². The predicted octanol–water partition coefficient (Wildman–Crippen LogP) is 4.60. The van der Waals surface area contributed by atoms with Crippen molar-refractivity contribution >= 4 is 70.0 Å². The molecule has 336 valence electrons. The number of allylic oxidation sites excluding steroid dienone is 2. The van der Waals surface area contributed by atoms with Gasteiger partial charge in [0.1, 0.15) is 40.5 Å². The maximum atomic E-state index is 13.8. The minimum atomic E-state index is -0.677. The van der Waals surface area contributed by atoms with Gasteiger partial charge in [-0.3, -0.25) is 39.2 Å². The standard InChI is InChI=1S/C44H51N13O6.ClH/c1-6-56-33(20-26(3)52-56)41(60)50-43-48-31-22-29(39(45)58)24-35(62-5)37(31)54(43)17-9-10-18-55-38-32(49-44(55)51-42(61)34-21-27(4)53-57(34)7-2)23-30(40(46)59)25-36(38)63-19-11-8-12-28-13-15-47-16-14-28;/h9-10,20-25,28,47H,6-7,12-19H2,1-5H3,(H2,45,58)(H2,46,59)(H,48,50,60)(H,49,51,61);1H. The average Bonchev–Trinajstić information content (AvgIpc) is 4.04. The Morgan fingerprint density at radius 3 is 1.72 bits per heavy atom. The number of piperidine rings is 1. The maximum absolute atomic E-state index is 13.8. The molecule has 64 heavy (non-hydrogen) atoms. The molecular weight excluding hydrogens is 842 g/mol. The second kappa shape index (κ2) is 20.3. The van der Waals surface area contributed by atoms with Gasteiger partial charge in [-0.2, -0.15) is 10.2 Å². The maximum Gasteiger partial charge on any atom is 0.276 e. The fraction of sp³-hybridized carbons (Fsp3) is 0.364. The molecule has 0 atom stereocenters. The molecule has 0 unspecified atom stereocenters. The predicted molar refractivity (Wildman–Crippen MR) is 244 cm³/mol. The molecule has 0 saturated carbocycles. The first kappa shape index (κ1) is 46.3. The lowest BCUT2D eigenvalue weighted by Crippen LogP contribution is -2.27. The smallest absolute Gasteiger partial charge is 0.276 e. The number of nitrogens with one attached hydrogen (secondary N) is 3. The van der Waals surface area contributed by atoms with Crippen LogP contribution in [0, 0.1) is 31.6 Å². The SMILES string of the molecule is CCn1nc(C)cc1C(=O)Nc1nc2cc(C(N)=O)cc(OC)c2n1CC=CCn1c(NC(=O)c2cc(C)nn2CC)nc2cc(C(N)=O)cc(OCC#CCC3CCNCC3)c21.Cl. The van der Waals surface area contributed by atoms with Crippen LogP contribution in [0.15, 0.2) is 48.6 Å². The molecule has 0 spiro atoms. The summed E-state index contributed by atoms with van der Waals surface area (Å²) in [7, 11) is 1.46. The van der Waals surface area contributed by atoms with Gasteiger partial charge in [0.15, 0.2) is 0 Å². The molecule has 2 aromatic carbocycles. The van der Waals surface area contributed by atoms with Crippen LogP contribution in [-0.2, 0) is 26.2 Å². The molecule has 7 rings (SSSR count). The number of nitrogens with zero attached hydrogens (tertiary/aromatic N) is 8. The first-order chi connectivity index (χ1) is 30.4. The van der Waals surface area contributed by atoms with E-state index in [2.05, 4.69) is 38.0 Å². The van der Waals surface area contributed by atoms with Crippen molar-refractivity contribution in [2.75, 3.05) is 37.4 Å². The highest BCUT2D eigenvalue weighted by molar-refractivity contribution is 6.05. The first-order valence-electron chi connectivity index (χ1n) is 20.8. The number of aryl methyl sites for hydroxylation is 4. The van der Waals surface area contributed by atoms with Crippen LogP contribution in [0.1, 0.15) is 86.2 Å². The number of carbonyl (C=O) groups is 4. The molecule has 1 fully saturated rings. The molecular formula is C44H52ClN13O6. The zero-order valence-electron chi connectivity index (χ0n) is 36.4. The summed E-state index contributed by atoms with van der Waals surface area (Å²) >= 11 is 0. The number of methoxy groups -OCH3 is 1. The lowest BCUT2D eigenvalue weighted by molar-refractivity contribution is 0.0991. The van der Waals surface area contributed by atoms with Crippen molar-refractivity contribution in [3.8, 4) is 23.3 Å². The average molecular weight is 894 g/mol. The van der Waals surface area contributed by atoms with Crippen molar-refractivity contribution < 1.29 is 28.7 Å². The number of carbonyl (C=O) groups excluding carboxylic acids is 4. The summed E-state index contributed by atoms with van der Waals surface area (Å²) in [5.74, 6) is 5.63. The molecule has 20 heteroatoms. The van der Waals surface area contributed by atoms with Crippen molar-refractivity contribution in [2.24, 2.45) is 17.4 Å². The molecule has 19 nitrogen and oxygen atoms in total. The number of primary amides is 2. The van der Waals surface area contributed by atoms with E-state index in [0.717, 1.165) is 32.4 Å². The summed E-state index contributed by atoms with van der Waals surface area (Å²) in [6.45, 7) is 10.6. The summed E-state index contributed by atoms with van der Waals surface area (Å²) in [5.41, 5.74) is 15.5. The van der Waals surface area contributed by atoms with Gasteiger partial charge in [0.2, 0.25) is 23.7 Å². The minimum absolute atomic E-state index is 0. The molecule has 7 N–H and O–H groups in total. The minimum Gasteiger partial charge on any atom is -0.494 e. The summed E-state index contributed by atoms with van der Waals surface area (Å²) in [5, 5.41) is 18.1. The van der Waals surface area contributed by atoms with Crippen molar-refractivity contribution in [1.29, 1.82) is 0 Å². The van der Waals surface area contributed by atoms with E-state index in [0.29, 0.717) is 75.3 Å². The highest BCUT2D eigenvalue weighted by Crippen LogP contribution is 2.33. The number of ether oxygens (including phenoxy) is 2. The van der Waals surface area contributed by atoms with E-state index in [1.807, 2.05) is 26.0 Å². The van der Waals surface area contributed by atoms with Gasteiger partial charge in [-0.1, -0.05) is 24.0 Å². The number of aromatic nitrogens is 8. The Balaban J connectivity index is 0.00000680. The number of imidazole rings is 2. The number of rotatable bonds is 16. The molecule has 1 aliphatic heterocycles. The summed E-state index contributed by atoms with van der Waals surface area (Å²) < 4.78 is 18.6. The number of amides is 4. The highest BCUT2D eigenvalue weighted by Gasteiger charge is 2.24. The Bertz CT molecular complexity index is 2820. The molecule has 0 radical (unpaired) electrons. The number of halogens is 1. The van der Waals surface area contributed by atoms with E-state index >= 15 is 0 Å². The van der Waals surface area contributed by atoms with E-state index in [9.17, 15) is 19.2 Å². The molecule has 6 aromatic rings. The first-order valence-corrected chi connectivity index (χ1v) is 20.8. The van der Waals surface area contributed by atoms with Crippen LogP contribution < -0.4 is 36.9 Å². The summed E-state index contributed by atoms with van der Waals surface area (Å²) in [6, 6.07) is 9.54. The van der Waals surface area contributed by atoms with Crippen molar-refractivity contribution in [2.45, 2.75) is 73.1 Å². The van der Waals surface area contributed by atoms with Gasteiger partial charge in [0, 0.05) is 43.7 Å². The largest absolute Gasteiger partial charge is 0.494 e. The van der Waals surface area contributed by atoms with Gasteiger partial charge in [0.25, 0.3) is 11.8 Å². The second-order valence-corrected chi connectivity index (χ2v) is 15.1. The Morgan fingerprint density at radius 2 is 1.25 bits per heavy atom. The van der Waals surface area contributed by atoms with E-state index in [1.165, 1.54) is 19.2 Å². The van der Waals surface area contributed by atoms with Crippen LogP contribution in [0.25, 0.3) is 22.1 Å². The van der Waals surface area contributed by atoms with Gasteiger partial charge < -0.3 is 35.4 Å². The fourth-order valence-electron chi connectivity index (χ4n) is 7.65. The van der Waals surface area contributed by atoms with Gasteiger partial charge in [-0.05, 0) is 95.9 Å². The number of hydrogen-bond acceptors (Lipinski definition) is 11. The third-order valence-electron chi connectivity index (χ3n) is 10.7. The zero-order chi connectivity index (χ0) is 44.8. The van der Waals surface area contributed by atoms with Gasteiger partial charge in [-0.15, -0.1) is 12.4 Å². The molecule has 0 bridgehead atoms. The number of hydrogen-bond donors (Lipinski definition) is 5. The van der Waals surface area contributed by atoms with E-state index in [1.54, 1.807) is 56.6 Å². The normalized spacial score (nSPS) is 12.8. The highest BCUT2D eigenvalue weighted by atomic mass is 35.5. The van der Waals surface area contributed by atoms with Gasteiger partial charge >= 0.3 is 0 Å². The Kier molecular flexibility index (Phi) is 14.7. The number of benzene rings is 2. The van der Waals surface area contributed by atoms with Crippen LogP contribution in [0.3, 0.4) is 0 Å². The third kappa shape index (κ3) is 10.0. The Labute approximate surface area is 375 Å². The lowest BCUT2D eigenvalue weighted by Gasteiger charge is -2.20. The quantitative estimate of drug-likeness (QED) is 0.0664. The van der Waals surface area contributed by atoms with E-state index < -0.39 is 23.6 Å². The van der Waals surface area contributed by atoms with E-state index in [4.69, 9.17) is 30.9 Å². The van der Waals surface area contributed by atoms with E-state index in [-0.39, 0.29) is 55.1 Å². The van der Waals surface area contributed by atoms with Crippen LogP contribution in [0.5, 0.6) is 11.5 Å². The molecule has 0 aliphatic carbocycles. The van der Waals surface area contributed by atoms with Crippen molar-refractivity contribution in [1.82, 2.24) is 44.0 Å². The van der Waals surface area contributed by atoms with Crippen LogP contribution in [-0.4, -0.2) is 89.1 Å². The monoisotopic (exact) mass is 893 g/mol. The Morgan fingerprint density at radius 1 is 0.766 bits per heavy atom. The summed E-state index contributed by atoms with van der Waals surface area (Å²) in [6.07, 6.45) is 6.58. The van der Waals surface area contributed by atoms with Crippen molar-refractivity contribution in [3.05, 3.63) is 82.5 Å². The number of fused-ring (bicyclic) bond motifs is 2. The summed E-state index contributed by atoms with van der Waals surface area (Å²) in [4.78, 5) is 61.7. The zero-order valence-corrected chi connectivity index (χ0v) is 37.2. The van der Waals surface area contributed by atoms with Crippen LogP contribution in [0.4, 0.5) is 11.9 Å². The molecule has 4 aromatic heterocycles. The molecule has 1 saturated heterocycles. The van der Waals surface area contributed by atoms with Crippen LogP contribution in [0.2, 0.25) is 0 Å². The lowest BCUT2D eigenvalue weighted by atomic mass is 9.95. The number of anilines is 2. The molecule has 4 amide bonds. The van der Waals surface area contributed by atoms with Crippen LogP contribution >= 0.6 is 12.4 Å². The van der Waals surface area contributed by atoms with Crippen molar-refractivity contribution in [3.63, 3.8) is 0 Å².